The molecule has 1 atom stereocenters. The minimum atomic E-state index is -0.762. The van der Waals surface area contributed by atoms with Gasteiger partial charge in [-0.15, -0.1) is 0 Å². The molecular weight excluding hydrogens is 485 g/mol. The lowest BCUT2D eigenvalue weighted by atomic mass is 9.82. The summed E-state index contributed by atoms with van der Waals surface area (Å²) in [5.74, 6) is -0.0449. The fraction of sp³-hybridized carbons (Fsp3) is 0.269. The Hall–Kier alpha value is -3.79. The van der Waals surface area contributed by atoms with Gasteiger partial charge < -0.3 is 24.5 Å². The first-order valence-electron chi connectivity index (χ1n) is 11.2. The van der Waals surface area contributed by atoms with Gasteiger partial charge in [-0.25, -0.2) is 14.2 Å². The number of nitrogens with one attached hydrogen (secondary N) is 2. The second kappa shape index (κ2) is 10.9. The van der Waals surface area contributed by atoms with Gasteiger partial charge in [-0.05, 0) is 43.2 Å². The monoisotopic (exact) mass is 511 g/mol. The highest BCUT2D eigenvalue weighted by Crippen LogP contribution is 2.42. The number of rotatable bonds is 8. The van der Waals surface area contributed by atoms with Gasteiger partial charge in [0.05, 0.1) is 37.9 Å². The normalized spacial score (nSPS) is 14.6. The lowest BCUT2D eigenvalue weighted by molar-refractivity contribution is -0.138. The van der Waals surface area contributed by atoms with Crippen molar-refractivity contribution in [1.29, 1.82) is 0 Å². The zero-order valence-corrected chi connectivity index (χ0v) is 21.1. The van der Waals surface area contributed by atoms with Crippen molar-refractivity contribution in [1.82, 2.24) is 9.97 Å². The minimum Gasteiger partial charge on any atom is -0.493 e. The molecule has 2 aromatic carbocycles. The lowest BCUT2D eigenvalue weighted by Gasteiger charge is -2.29. The van der Waals surface area contributed by atoms with E-state index < -0.39 is 17.4 Å². The van der Waals surface area contributed by atoms with Crippen LogP contribution in [-0.4, -0.2) is 36.8 Å². The summed E-state index contributed by atoms with van der Waals surface area (Å²) in [4.78, 5) is 33.8. The summed E-state index contributed by atoms with van der Waals surface area (Å²) in [5, 5.41) is 3.42. The molecule has 0 fully saturated rings. The number of halogens is 1. The highest BCUT2D eigenvalue weighted by molar-refractivity contribution is 7.98. The van der Waals surface area contributed by atoms with Crippen molar-refractivity contribution in [3.05, 3.63) is 86.6 Å². The fourth-order valence-electron chi connectivity index (χ4n) is 4.11. The van der Waals surface area contributed by atoms with Crippen LogP contribution in [0.25, 0.3) is 0 Å². The third-order valence-electron chi connectivity index (χ3n) is 5.78. The maximum Gasteiger partial charge on any atom is 0.336 e. The molecule has 2 heterocycles. The van der Waals surface area contributed by atoms with Gasteiger partial charge in [0.25, 0.3) is 5.56 Å². The van der Waals surface area contributed by atoms with Crippen molar-refractivity contribution in [3.63, 3.8) is 0 Å². The van der Waals surface area contributed by atoms with E-state index in [1.54, 1.807) is 50.2 Å². The van der Waals surface area contributed by atoms with E-state index >= 15 is 0 Å². The number of H-pyrrole nitrogens is 1. The quantitative estimate of drug-likeness (QED) is 0.257. The summed E-state index contributed by atoms with van der Waals surface area (Å²) < 4.78 is 30.2. The molecule has 0 aliphatic carbocycles. The Morgan fingerprint density at radius 2 is 1.89 bits per heavy atom. The van der Waals surface area contributed by atoms with Crippen molar-refractivity contribution in [2.45, 2.75) is 30.7 Å². The Morgan fingerprint density at radius 3 is 2.58 bits per heavy atom. The van der Waals surface area contributed by atoms with Crippen LogP contribution < -0.4 is 20.3 Å². The van der Waals surface area contributed by atoms with Crippen molar-refractivity contribution < 1.29 is 23.4 Å². The first-order chi connectivity index (χ1) is 17.4. The first-order valence-corrected chi connectivity index (χ1v) is 12.2. The third-order valence-corrected chi connectivity index (χ3v) is 6.70. The molecule has 2 N–H and O–H groups in total. The first kappa shape index (κ1) is 25.3. The highest BCUT2D eigenvalue weighted by Gasteiger charge is 2.37. The smallest absolute Gasteiger partial charge is 0.336 e. The van der Waals surface area contributed by atoms with Crippen LogP contribution in [0.15, 0.2) is 63.7 Å². The molecule has 0 amide bonds. The van der Waals surface area contributed by atoms with Gasteiger partial charge in [0.15, 0.2) is 16.7 Å². The number of ether oxygens (including phenoxy) is 3. The Bertz CT molecular complexity index is 1390. The van der Waals surface area contributed by atoms with E-state index in [-0.39, 0.29) is 23.7 Å². The van der Waals surface area contributed by atoms with Crippen molar-refractivity contribution in [3.8, 4) is 11.5 Å². The number of benzene rings is 2. The molecule has 1 unspecified atom stereocenters. The minimum absolute atomic E-state index is 0.182. The number of methoxy groups -OCH3 is 2. The zero-order chi connectivity index (χ0) is 25.8. The van der Waals surface area contributed by atoms with Gasteiger partial charge in [-0.1, -0.05) is 36.0 Å². The molecule has 0 spiro atoms. The molecule has 0 saturated carbocycles. The van der Waals surface area contributed by atoms with Gasteiger partial charge in [0.1, 0.15) is 11.6 Å². The fourth-order valence-corrected chi connectivity index (χ4v) is 4.95. The number of hydrogen-bond acceptors (Lipinski definition) is 8. The van der Waals surface area contributed by atoms with E-state index in [1.807, 2.05) is 0 Å². The van der Waals surface area contributed by atoms with Crippen LogP contribution in [0.2, 0.25) is 0 Å². The molecule has 0 radical (unpaired) electrons. The predicted octanol–water partition coefficient (Wildman–Crippen LogP) is 4.61. The number of carbonyl (C=O) groups excluding carboxylic acids is 1. The molecule has 4 rings (SSSR count). The summed E-state index contributed by atoms with van der Waals surface area (Å²) in [5.41, 5.74) is 1.81. The van der Waals surface area contributed by atoms with Gasteiger partial charge >= 0.3 is 5.97 Å². The van der Waals surface area contributed by atoms with Gasteiger partial charge in [0.2, 0.25) is 0 Å². The van der Waals surface area contributed by atoms with Crippen molar-refractivity contribution >= 4 is 23.5 Å². The van der Waals surface area contributed by atoms with Crippen LogP contribution in [0.4, 0.5) is 10.2 Å². The van der Waals surface area contributed by atoms with E-state index in [0.29, 0.717) is 44.9 Å². The van der Waals surface area contributed by atoms with Gasteiger partial charge in [-0.3, -0.25) is 4.79 Å². The number of aromatic nitrogens is 2. The Labute approximate surface area is 211 Å². The molecule has 8 nitrogen and oxygen atoms in total. The van der Waals surface area contributed by atoms with Crippen molar-refractivity contribution in [2.24, 2.45) is 0 Å². The number of aromatic amines is 1. The summed E-state index contributed by atoms with van der Waals surface area (Å²) in [7, 11) is 3.04. The Morgan fingerprint density at radius 1 is 1.14 bits per heavy atom. The molecule has 10 heteroatoms. The summed E-state index contributed by atoms with van der Waals surface area (Å²) >= 11 is 1.21. The van der Waals surface area contributed by atoms with Crippen LogP contribution in [-0.2, 0) is 15.3 Å². The maximum atomic E-state index is 14.0. The number of carbonyl (C=O) groups is 1. The average Bonchev–Trinajstić information content (AvgIpc) is 2.87. The number of fused-ring (bicyclic) bond motifs is 1. The zero-order valence-electron chi connectivity index (χ0n) is 20.3. The lowest BCUT2D eigenvalue weighted by Crippen LogP contribution is -2.31. The standard InChI is InChI=1S/C26H26FN3O5S/c1-5-35-25(32)20-14(2)28-23-22(21(20)15-10-11-18(33-3)19(12-15)34-4)24(31)30-26(29-23)36-13-16-8-6-7-9-17(16)27/h6-12,21H,5,13H2,1-4H3,(H2,28,29,30,31). The number of thioether (sulfide) groups is 1. The van der Waals surface area contributed by atoms with Crippen LogP contribution >= 0.6 is 11.8 Å². The van der Waals surface area contributed by atoms with Crippen LogP contribution in [0, 0.1) is 5.82 Å². The van der Waals surface area contributed by atoms with E-state index in [1.165, 1.54) is 32.0 Å². The second-order valence-electron chi connectivity index (χ2n) is 7.95. The molecule has 0 bridgehead atoms. The molecule has 1 aliphatic rings. The van der Waals surface area contributed by atoms with Gasteiger partial charge in [-0.2, -0.15) is 0 Å². The Kier molecular flexibility index (Phi) is 7.64. The van der Waals surface area contributed by atoms with Crippen molar-refractivity contribution in [2.75, 3.05) is 26.1 Å². The predicted molar refractivity (Wildman–Crippen MR) is 135 cm³/mol. The maximum absolute atomic E-state index is 14.0. The van der Waals surface area contributed by atoms with Gasteiger partial charge in [0, 0.05) is 11.4 Å². The number of anilines is 1. The molecule has 0 saturated heterocycles. The number of esters is 1. The summed E-state index contributed by atoms with van der Waals surface area (Å²) in [6.45, 7) is 3.64. The molecule has 1 aliphatic heterocycles. The van der Waals surface area contributed by atoms with E-state index in [9.17, 15) is 14.0 Å². The van der Waals surface area contributed by atoms with E-state index in [4.69, 9.17) is 14.2 Å². The van der Waals surface area contributed by atoms with E-state index in [2.05, 4.69) is 15.3 Å². The van der Waals surface area contributed by atoms with Crippen LogP contribution in [0.5, 0.6) is 11.5 Å². The molecule has 3 aromatic rings. The van der Waals surface area contributed by atoms with Crippen LogP contribution in [0.1, 0.15) is 36.5 Å². The number of nitrogens with zero attached hydrogens (tertiary/aromatic N) is 1. The molecule has 1 aromatic heterocycles. The largest absolute Gasteiger partial charge is 0.493 e. The molecule has 188 valence electrons. The summed E-state index contributed by atoms with van der Waals surface area (Å²) in [6, 6.07) is 11.7. The Balaban J connectivity index is 1.80. The molecular formula is C26H26FN3O5S. The second-order valence-corrected chi connectivity index (χ2v) is 8.91. The highest BCUT2D eigenvalue weighted by atomic mass is 32.2. The third kappa shape index (κ3) is 4.94. The average molecular weight is 512 g/mol. The number of allylic oxidation sites excluding steroid dienone is 1. The molecule has 36 heavy (non-hydrogen) atoms. The SMILES string of the molecule is CCOC(=O)C1=C(C)Nc2nc(SCc3ccccc3F)[nH]c(=O)c2C1c1ccc(OC)c(OC)c1. The summed E-state index contributed by atoms with van der Waals surface area (Å²) in [6.07, 6.45) is 0. The number of hydrogen-bond donors (Lipinski definition) is 2. The van der Waals surface area contributed by atoms with E-state index in [0.717, 1.165) is 0 Å². The van der Waals surface area contributed by atoms with Crippen LogP contribution in [0.3, 0.4) is 0 Å². The topological polar surface area (TPSA) is 103 Å².